The lowest BCUT2D eigenvalue weighted by Gasteiger charge is -2.40. The SMILES string of the molecule is CCC(CN)(C(F)(F)F)C(N)(Cl)Cl. The molecule has 0 saturated heterocycles. The van der Waals surface area contributed by atoms with Crippen molar-refractivity contribution < 1.29 is 13.2 Å². The van der Waals surface area contributed by atoms with Crippen molar-refractivity contribution in [2.75, 3.05) is 6.54 Å². The summed E-state index contributed by atoms with van der Waals surface area (Å²) in [7, 11) is 0. The van der Waals surface area contributed by atoms with E-state index in [1.54, 1.807) is 0 Å². The Morgan fingerprint density at radius 2 is 1.62 bits per heavy atom. The largest absolute Gasteiger partial charge is 0.399 e. The van der Waals surface area contributed by atoms with E-state index in [1.807, 2.05) is 0 Å². The first-order valence-corrected chi connectivity index (χ1v) is 4.31. The maximum atomic E-state index is 12.5. The lowest BCUT2D eigenvalue weighted by Crippen LogP contribution is -2.59. The first kappa shape index (κ1) is 13.3. The van der Waals surface area contributed by atoms with E-state index in [1.165, 1.54) is 6.92 Å². The summed E-state index contributed by atoms with van der Waals surface area (Å²) in [6.07, 6.45) is -4.98. The topological polar surface area (TPSA) is 52.0 Å². The molecule has 0 amide bonds. The van der Waals surface area contributed by atoms with Gasteiger partial charge in [0.25, 0.3) is 0 Å². The van der Waals surface area contributed by atoms with Crippen LogP contribution in [0, 0.1) is 5.41 Å². The molecule has 0 aromatic heterocycles. The monoisotopic (exact) mass is 238 g/mol. The highest BCUT2D eigenvalue weighted by molar-refractivity contribution is 6.48. The van der Waals surface area contributed by atoms with E-state index < -0.39 is 22.6 Å². The van der Waals surface area contributed by atoms with E-state index in [4.69, 9.17) is 34.7 Å². The summed E-state index contributed by atoms with van der Waals surface area (Å²) in [5.41, 5.74) is 7.62. The maximum Gasteiger partial charge on any atom is 0.399 e. The third-order valence-corrected chi connectivity index (χ3v) is 2.86. The quantitative estimate of drug-likeness (QED) is 0.584. The number of halogens is 5. The molecule has 80 valence electrons. The molecule has 2 nitrogen and oxygen atoms in total. The average molecular weight is 239 g/mol. The smallest absolute Gasteiger partial charge is 0.329 e. The van der Waals surface area contributed by atoms with E-state index in [9.17, 15) is 13.2 Å². The van der Waals surface area contributed by atoms with Gasteiger partial charge in [0, 0.05) is 6.54 Å². The van der Waals surface area contributed by atoms with Gasteiger partial charge in [0.1, 0.15) is 5.41 Å². The average Bonchev–Trinajstić information content (AvgIpc) is 1.84. The van der Waals surface area contributed by atoms with Crippen LogP contribution in [0.3, 0.4) is 0 Å². The lowest BCUT2D eigenvalue weighted by atomic mass is 9.84. The van der Waals surface area contributed by atoms with Crippen LogP contribution in [-0.4, -0.2) is 17.2 Å². The molecule has 0 aliphatic carbocycles. The predicted octanol–water partition coefficient (Wildman–Crippen LogP) is 1.99. The van der Waals surface area contributed by atoms with Crippen LogP contribution < -0.4 is 11.5 Å². The van der Waals surface area contributed by atoms with E-state index in [-0.39, 0.29) is 6.42 Å². The summed E-state index contributed by atoms with van der Waals surface area (Å²) in [6.45, 7) is 0.545. The van der Waals surface area contributed by atoms with Crippen LogP contribution >= 0.6 is 23.2 Å². The lowest BCUT2D eigenvalue weighted by molar-refractivity contribution is -0.226. The van der Waals surface area contributed by atoms with Crippen molar-refractivity contribution in [1.82, 2.24) is 0 Å². The molecule has 0 radical (unpaired) electrons. The number of rotatable bonds is 3. The molecule has 1 atom stereocenters. The molecule has 0 aromatic rings. The molecule has 7 heteroatoms. The van der Waals surface area contributed by atoms with E-state index in [0.717, 1.165) is 0 Å². The van der Waals surface area contributed by atoms with Crippen LogP contribution in [-0.2, 0) is 0 Å². The summed E-state index contributed by atoms with van der Waals surface area (Å²) >= 11 is 10.6. The molecule has 0 aliphatic heterocycles. The van der Waals surface area contributed by atoms with Crippen LogP contribution in [0.15, 0.2) is 0 Å². The minimum atomic E-state index is -4.62. The zero-order chi connectivity index (χ0) is 10.9. The van der Waals surface area contributed by atoms with Gasteiger partial charge in [0.2, 0.25) is 0 Å². The summed E-state index contributed by atoms with van der Waals surface area (Å²) in [4.78, 5) is 0. The van der Waals surface area contributed by atoms with Gasteiger partial charge in [-0.3, -0.25) is 5.73 Å². The van der Waals surface area contributed by atoms with Gasteiger partial charge in [-0.25, -0.2) is 0 Å². The second-order valence-corrected chi connectivity index (χ2v) is 4.15. The molecule has 0 fully saturated rings. The molecule has 0 aromatic carbocycles. The molecule has 4 N–H and O–H groups in total. The number of hydrogen-bond acceptors (Lipinski definition) is 2. The van der Waals surface area contributed by atoms with E-state index in [2.05, 4.69) is 0 Å². The van der Waals surface area contributed by atoms with Crippen LogP contribution in [0.2, 0.25) is 0 Å². The first-order valence-electron chi connectivity index (χ1n) is 3.56. The Kier molecular flexibility index (Phi) is 3.89. The van der Waals surface area contributed by atoms with Crippen molar-refractivity contribution in [3.63, 3.8) is 0 Å². The highest BCUT2D eigenvalue weighted by atomic mass is 35.5. The van der Waals surface area contributed by atoms with Crippen molar-refractivity contribution in [1.29, 1.82) is 0 Å². The van der Waals surface area contributed by atoms with Gasteiger partial charge in [0.05, 0.1) is 0 Å². The van der Waals surface area contributed by atoms with E-state index >= 15 is 0 Å². The fraction of sp³-hybridized carbons (Fsp3) is 1.00. The Balaban J connectivity index is 5.17. The van der Waals surface area contributed by atoms with Crippen molar-refractivity contribution in [3.8, 4) is 0 Å². The molecule has 0 saturated carbocycles. The van der Waals surface area contributed by atoms with Gasteiger partial charge >= 0.3 is 6.18 Å². The van der Waals surface area contributed by atoms with Crippen LogP contribution in [0.1, 0.15) is 13.3 Å². The standard InChI is InChI=1S/C6H11Cl2F3N2/c1-2-4(3-12,5(7,8)13)6(9,10)11/h2-3,12-13H2,1H3. The van der Waals surface area contributed by atoms with E-state index in [0.29, 0.717) is 0 Å². The highest BCUT2D eigenvalue weighted by Crippen LogP contribution is 2.50. The van der Waals surface area contributed by atoms with Gasteiger partial charge in [0.15, 0.2) is 4.46 Å². The van der Waals surface area contributed by atoms with Crippen molar-refractivity contribution in [3.05, 3.63) is 0 Å². The Labute approximate surface area is 84.3 Å². The summed E-state index contributed by atoms with van der Waals surface area (Å²) in [5.74, 6) is 0. The summed E-state index contributed by atoms with van der Waals surface area (Å²) in [6, 6.07) is 0. The third kappa shape index (κ3) is 2.21. The molecule has 1 unspecified atom stereocenters. The Morgan fingerprint density at radius 1 is 1.23 bits per heavy atom. The molecule has 0 rings (SSSR count). The van der Waals surface area contributed by atoms with Gasteiger partial charge in [-0.1, -0.05) is 30.1 Å². The fourth-order valence-electron chi connectivity index (χ4n) is 1.02. The summed E-state index contributed by atoms with van der Waals surface area (Å²) in [5, 5.41) is 0. The van der Waals surface area contributed by atoms with Crippen molar-refractivity contribution in [2.24, 2.45) is 16.9 Å². The Hall–Kier alpha value is 0.290. The predicted molar refractivity (Wildman–Crippen MR) is 46.5 cm³/mol. The van der Waals surface area contributed by atoms with Gasteiger partial charge in [-0.15, -0.1) is 0 Å². The number of nitrogens with two attached hydrogens (primary N) is 2. The second kappa shape index (κ2) is 3.81. The van der Waals surface area contributed by atoms with Gasteiger partial charge in [-0.2, -0.15) is 13.2 Å². The van der Waals surface area contributed by atoms with Crippen LogP contribution in [0.5, 0.6) is 0 Å². The molecular formula is C6H11Cl2F3N2. The normalized spacial score (nSPS) is 18.5. The first-order chi connectivity index (χ1) is 5.62. The van der Waals surface area contributed by atoms with Gasteiger partial charge in [-0.05, 0) is 6.42 Å². The third-order valence-electron chi connectivity index (χ3n) is 2.13. The molecule has 0 spiro atoms. The minimum absolute atomic E-state index is 0.365. The van der Waals surface area contributed by atoms with Crippen LogP contribution in [0.25, 0.3) is 0 Å². The molecule has 13 heavy (non-hydrogen) atoms. The minimum Gasteiger partial charge on any atom is -0.329 e. The molecule has 0 aliphatic rings. The molecular weight excluding hydrogens is 228 g/mol. The number of alkyl halides is 5. The second-order valence-electron chi connectivity index (χ2n) is 2.76. The zero-order valence-electron chi connectivity index (χ0n) is 6.96. The Bertz CT molecular complexity index is 156. The fourth-order valence-corrected chi connectivity index (χ4v) is 1.66. The maximum absolute atomic E-state index is 12.5. The summed E-state index contributed by atoms with van der Waals surface area (Å²) < 4.78 is 35.2. The zero-order valence-corrected chi connectivity index (χ0v) is 8.47. The molecule has 0 bridgehead atoms. The van der Waals surface area contributed by atoms with Crippen molar-refractivity contribution in [2.45, 2.75) is 24.0 Å². The Morgan fingerprint density at radius 3 is 1.62 bits per heavy atom. The van der Waals surface area contributed by atoms with Gasteiger partial charge < -0.3 is 5.73 Å². The van der Waals surface area contributed by atoms with Crippen molar-refractivity contribution >= 4 is 23.2 Å². The van der Waals surface area contributed by atoms with Crippen LogP contribution in [0.4, 0.5) is 13.2 Å². The number of hydrogen-bond donors (Lipinski definition) is 2. The molecule has 0 heterocycles. The highest BCUT2D eigenvalue weighted by Gasteiger charge is 2.62.